The van der Waals surface area contributed by atoms with Crippen LogP contribution in [0.15, 0.2) is 24.3 Å². The normalized spacial score (nSPS) is 11.9. The Morgan fingerprint density at radius 1 is 1.38 bits per heavy atom. The number of rotatable bonds is 2. The molecule has 1 aromatic heterocycles. The van der Waals surface area contributed by atoms with Crippen molar-refractivity contribution in [1.82, 2.24) is 10.1 Å². The van der Waals surface area contributed by atoms with Gasteiger partial charge in [0, 0.05) is 0 Å². The van der Waals surface area contributed by atoms with Crippen LogP contribution in [0.4, 0.5) is 17.6 Å². The molecule has 0 aliphatic rings. The molecule has 0 atom stereocenters. The Morgan fingerprint density at radius 2 is 1.90 bits per heavy atom. The predicted octanol–water partition coefficient (Wildman–Crippen LogP) is 0.268. The van der Waals surface area contributed by atoms with Crippen molar-refractivity contribution >= 4 is 21.2 Å². The summed E-state index contributed by atoms with van der Waals surface area (Å²) < 4.78 is 72.5. The van der Waals surface area contributed by atoms with Gasteiger partial charge < -0.3 is 4.55 Å². The van der Waals surface area contributed by atoms with Gasteiger partial charge in [0.15, 0.2) is 10.1 Å². The molecular formula is C9H9F4N3O4S. The van der Waals surface area contributed by atoms with Crippen LogP contribution in [0.3, 0.4) is 0 Å². The van der Waals surface area contributed by atoms with E-state index in [1.807, 2.05) is 24.3 Å². The molecule has 2 aromatic rings. The van der Waals surface area contributed by atoms with Crippen LogP contribution in [0, 0.1) is 0 Å². The number of alkyl halides is 4. The fourth-order valence-corrected chi connectivity index (χ4v) is 1.26. The first-order chi connectivity index (χ1) is 9.58. The van der Waals surface area contributed by atoms with Gasteiger partial charge in [0.1, 0.15) is 12.3 Å². The number of hydrogen-bond donors (Lipinski definition) is 0. The highest BCUT2D eigenvalue weighted by Crippen LogP contribution is 2.20. The van der Waals surface area contributed by atoms with Crippen molar-refractivity contribution < 1.29 is 40.1 Å². The van der Waals surface area contributed by atoms with Gasteiger partial charge in [-0.25, -0.2) is 12.8 Å². The summed E-state index contributed by atoms with van der Waals surface area (Å²) >= 11 is 0. The Morgan fingerprint density at radius 3 is 2.38 bits per heavy atom. The molecule has 1 aromatic carbocycles. The van der Waals surface area contributed by atoms with E-state index in [0.29, 0.717) is 0 Å². The Hall–Kier alpha value is -1.95. The van der Waals surface area contributed by atoms with Crippen molar-refractivity contribution in [1.29, 1.82) is 0 Å². The summed E-state index contributed by atoms with van der Waals surface area (Å²) in [5.74, 6) is 0. The largest absolute Gasteiger partial charge is 0.741 e. The van der Waals surface area contributed by atoms with Gasteiger partial charge in [0.2, 0.25) is 11.0 Å². The maximum absolute atomic E-state index is 11.9. The quantitative estimate of drug-likeness (QED) is 0.341. The lowest BCUT2D eigenvalue weighted by molar-refractivity contribution is -0.711. The van der Waals surface area contributed by atoms with Crippen LogP contribution in [0.25, 0.3) is 11.0 Å². The van der Waals surface area contributed by atoms with Gasteiger partial charge in [0.25, 0.3) is 6.86 Å². The van der Waals surface area contributed by atoms with E-state index < -0.39 is 22.5 Å². The van der Waals surface area contributed by atoms with Crippen LogP contribution in [-0.4, -0.2) is 35.4 Å². The monoisotopic (exact) mass is 331 g/mol. The van der Waals surface area contributed by atoms with Crippen LogP contribution >= 0.6 is 0 Å². The zero-order chi connectivity index (χ0) is 16.3. The molecular weight excluding hydrogens is 322 g/mol. The van der Waals surface area contributed by atoms with Gasteiger partial charge in [-0.2, -0.15) is 13.2 Å². The Labute approximate surface area is 116 Å². The second kappa shape index (κ2) is 6.22. The molecule has 0 radical (unpaired) electrons. The molecule has 0 aliphatic heterocycles. The third kappa shape index (κ3) is 4.26. The van der Waals surface area contributed by atoms with E-state index in [1.165, 1.54) is 4.85 Å². The maximum atomic E-state index is 11.9. The zero-order valence-corrected chi connectivity index (χ0v) is 11.2. The summed E-state index contributed by atoms with van der Waals surface area (Å²) in [5.41, 5.74) is -3.99. The molecule has 0 N–H and O–H groups in total. The number of para-hydroxylation sites is 2. The molecule has 0 saturated carbocycles. The van der Waals surface area contributed by atoms with Crippen molar-refractivity contribution in [2.45, 2.75) is 5.51 Å². The molecule has 0 saturated heterocycles. The Bertz CT molecular complexity index is 713. The first-order valence-electron chi connectivity index (χ1n) is 5.13. The summed E-state index contributed by atoms with van der Waals surface area (Å²) in [6.07, 6.45) is 0. The highest BCUT2D eigenvalue weighted by atomic mass is 32.2. The molecule has 0 unspecified atom stereocenters. The molecule has 1 heterocycles. The van der Waals surface area contributed by atoms with Crippen molar-refractivity contribution in [2.75, 3.05) is 6.86 Å². The van der Waals surface area contributed by atoms with Crippen LogP contribution in [-0.2, 0) is 17.2 Å². The number of benzene rings is 1. The molecule has 2 rings (SSSR count). The van der Waals surface area contributed by atoms with Crippen LogP contribution < -0.4 is 9.52 Å². The summed E-state index contributed by atoms with van der Waals surface area (Å²) in [6, 6.07) is 7.45. The third-order valence-corrected chi connectivity index (χ3v) is 2.67. The minimum atomic E-state index is -6.09. The van der Waals surface area contributed by atoms with Gasteiger partial charge in [0.05, 0.1) is 4.85 Å². The average Bonchev–Trinajstić information content (AvgIpc) is 2.66. The first-order valence-corrected chi connectivity index (χ1v) is 6.54. The summed E-state index contributed by atoms with van der Waals surface area (Å²) in [5, 5.41) is 3.95. The van der Waals surface area contributed by atoms with Gasteiger partial charge in [-0.15, -0.1) is 4.68 Å². The highest BCUT2D eigenvalue weighted by Gasteiger charge is 2.36. The van der Waals surface area contributed by atoms with Crippen molar-refractivity contribution in [3.8, 4) is 0 Å². The first kappa shape index (κ1) is 17.1. The molecule has 21 heavy (non-hydrogen) atoms. The van der Waals surface area contributed by atoms with Crippen LogP contribution in [0.5, 0.6) is 0 Å². The lowest BCUT2D eigenvalue weighted by Crippen LogP contribution is -2.32. The van der Waals surface area contributed by atoms with E-state index in [0.717, 1.165) is 11.0 Å². The average molecular weight is 331 g/mol. The zero-order valence-electron chi connectivity index (χ0n) is 10.4. The number of halogens is 4. The summed E-state index contributed by atoms with van der Waals surface area (Å²) in [7, 11) is -4.31. The predicted molar refractivity (Wildman–Crippen MR) is 59.2 cm³/mol. The number of aromatic nitrogens is 3. The molecule has 0 bridgehead atoms. The van der Waals surface area contributed by atoms with Crippen molar-refractivity contribution in [3.63, 3.8) is 0 Å². The molecule has 118 valence electrons. The SMILES string of the molecule is C[n+]1nn(OCF)c2ccccc21.O=S(=O)([O-])C(F)(F)F. The summed E-state index contributed by atoms with van der Waals surface area (Å²) in [6.45, 7) is -0.883. The number of fused-ring (bicyclic) bond motifs is 1. The van der Waals surface area contributed by atoms with Gasteiger partial charge in [-0.05, 0) is 12.1 Å². The van der Waals surface area contributed by atoms with Gasteiger partial charge >= 0.3 is 5.51 Å². The van der Waals surface area contributed by atoms with E-state index in [1.54, 1.807) is 11.7 Å². The van der Waals surface area contributed by atoms with E-state index in [9.17, 15) is 17.6 Å². The van der Waals surface area contributed by atoms with Gasteiger partial charge in [-0.3, -0.25) is 4.84 Å². The lowest BCUT2D eigenvalue weighted by atomic mass is 10.3. The number of nitrogens with zero attached hydrogens (tertiary/aromatic N) is 3. The number of hydrogen-bond acceptors (Lipinski definition) is 5. The van der Waals surface area contributed by atoms with Crippen molar-refractivity contribution in [2.24, 2.45) is 7.05 Å². The molecule has 12 heteroatoms. The molecule has 0 amide bonds. The van der Waals surface area contributed by atoms with Crippen molar-refractivity contribution in [3.05, 3.63) is 24.3 Å². The Balaban J connectivity index is 0.000000240. The minimum absolute atomic E-state index is 0.752. The standard InChI is InChI=1S/C8H9FN3O.CHF3O3S/c1-11-7-4-2-3-5-8(7)12(10-11)13-6-9;2-1(3,4)8(5,6)7/h2-5H,6H2,1H3;(H,5,6,7)/q+1;/p-1. The van der Waals surface area contributed by atoms with E-state index >= 15 is 0 Å². The van der Waals surface area contributed by atoms with Crippen LogP contribution in [0.1, 0.15) is 0 Å². The second-order valence-corrected chi connectivity index (χ2v) is 4.88. The topological polar surface area (TPSA) is 88.1 Å². The lowest BCUT2D eigenvalue weighted by Gasteiger charge is -2.08. The fourth-order valence-electron chi connectivity index (χ4n) is 1.26. The van der Waals surface area contributed by atoms with E-state index in [-0.39, 0.29) is 0 Å². The van der Waals surface area contributed by atoms with Crippen LogP contribution in [0.2, 0.25) is 0 Å². The molecule has 0 aliphatic carbocycles. The molecule has 7 nitrogen and oxygen atoms in total. The fraction of sp³-hybridized carbons (Fsp3) is 0.333. The summed E-state index contributed by atoms with van der Waals surface area (Å²) in [4.78, 5) is 5.83. The second-order valence-electron chi connectivity index (χ2n) is 3.51. The number of aryl methyl sites for hydroxylation is 1. The van der Waals surface area contributed by atoms with Gasteiger partial charge in [-0.1, -0.05) is 12.1 Å². The third-order valence-electron chi connectivity index (χ3n) is 2.11. The van der Waals surface area contributed by atoms with E-state index in [2.05, 4.69) is 10.1 Å². The molecule has 0 spiro atoms. The Kier molecular flexibility index (Phi) is 5.06. The highest BCUT2D eigenvalue weighted by molar-refractivity contribution is 7.86. The molecule has 0 fully saturated rings. The van der Waals surface area contributed by atoms with E-state index in [4.69, 9.17) is 13.0 Å². The minimum Gasteiger partial charge on any atom is -0.741 e. The maximum Gasteiger partial charge on any atom is 0.485 e. The smallest absolute Gasteiger partial charge is 0.485 e.